The summed E-state index contributed by atoms with van der Waals surface area (Å²) in [5.74, 6) is 2.02. The van der Waals surface area contributed by atoms with Crippen LogP contribution in [0.3, 0.4) is 0 Å². The van der Waals surface area contributed by atoms with E-state index in [1.54, 1.807) is 0 Å². The first-order valence-electron chi connectivity index (χ1n) is 8.67. The molecular formula is C20H26ClNO3. The standard InChI is InChI=1S/C20H26ClNO3/c1-3-15-5-7-17(8-6-15)24-11-12-25-20-18(21)13-16(9-10-22)14-19(20)23-4-2/h5-8,13-14H,3-4,9-12,22H2,1-2H3. The predicted octanol–water partition coefficient (Wildman–Crippen LogP) is 4.26. The topological polar surface area (TPSA) is 53.7 Å². The fourth-order valence-corrected chi connectivity index (χ4v) is 2.75. The Morgan fingerprint density at radius 3 is 2.28 bits per heavy atom. The first-order valence-corrected chi connectivity index (χ1v) is 9.05. The van der Waals surface area contributed by atoms with Crippen molar-refractivity contribution < 1.29 is 14.2 Å². The van der Waals surface area contributed by atoms with Crippen LogP contribution in [0.15, 0.2) is 36.4 Å². The quantitative estimate of drug-likeness (QED) is 0.641. The molecule has 0 saturated heterocycles. The molecule has 2 aromatic carbocycles. The Kier molecular flexibility index (Phi) is 7.89. The Balaban J connectivity index is 1.94. The van der Waals surface area contributed by atoms with Crippen LogP contribution in [-0.2, 0) is 12.8 Å². The summed E-state index contributed by atoms with van der Waals surface area (Å²) in [6, 6.07) is 11.9. The number of benzene rings is 2. The zero-order valence-electron chi connectivity index (χ0n) is 14.9. The van der Waals surface area contributed by atoms with Gasteiger partial charge >= 0.3 is 0 Å². The molecular weight excluding hydrogens is 338 g/mol. The molecule has 0 unspecified atom stereocenters. The number of rotatable bonds is 10. The van der Waals surface area contributed by atoms with Gasteiger partial charge in [0.2, 0.25) is 0 Å². The van der Waals surface area contributed by atoms with Crippen LogP contribution < -0.4 is 19.9 Å². The van der Waals surface area contributed by atoms with Gasteiger partial charge in [-0.3, -0.25) is 0 Å². The van der Waals surface area contributed by atoms with Gasteiger partial charge in [0.05, 0.1) is 11.6 Å². The molecule has 0 bridgehead atoms. The maximum Gasteiger partial charge on any atom is 0.179 e. The molecule has 0 aliphatic heterocycles. The van der Waals surface area contributed by atoms with E-state index in [0.29, 0.717) is 42.9 Å². The molecule has 0 aromatic heterocycles. The van der Waals surface area contributed by atoms with Gasteiger partial charge in [0.25, 0.3) is 0 Å². The van der Waals surface area contributed by atoms with Crippen molar-refractivity contribution in [2.75, 3.05) is 26.4 Å². The monoisotopic (exact) mass is 363 g/mol. The lowest BCUT2D eigenvalue weighted by atomic mass is 10.1. The van der Waals surface area contributed by atoms with E-state index in [-0.39, 0.29) is 0 Å². The normalized spacial score (nSPS) is 10.6. The minimum Gasteiger partial charge on any atom is -0.490 e. The van der Waals surface area contributed by atoms with Gasteiger partial charge in [0.1, 0.15) is 19.0 Å². The van der Waals surface area contributed by atoms with Gasteiger partial charge in [-0.25, -0.2) is 0 Å². The van der Waals surface area contributed by atoms with Gasteiger partial charge in [0.15, 0.2) is 11.5 Å². The smallest absolute Gasteiger partial charge is 0.179 e. The lowest BCUT2D eigenvalue weighted by Gasteiger charge is -2.15. The first-order chi connectivity index (χ1) is 12.2. The van der Waals surface area contributed by atoms with E-state index in [1.807, 2.05) is 31.2 Å². The Bertz CT molecular complexity index is 659. The van der Waals surface area contributed by atoms with E-state index in [2.05, 4.69) is 19.1 Å². The average Bonchev–Trinajstić information content (AvgIpc) is 2.61. The largest absolute Gasteiger partial charge is 0.490 e. The van der Waals surface area contributed by atoms with E-state index in [4.69, 9.17) is 31.5 Å². The van der Waals surface area contributed by atoms with Gasteiger partial charge < -0.3 is 19.9 Å². The summed E-state index contributed by atoms with van der Waals surface area (Å²) >= 11 is 6.35. The van der Waals surface area contributed by atoms with Crippen LogP contribution in [0, 0.1) is 0 Å². The lowest BCUT2D eigenvalue weighted by Crippen LogP contribution is -2.11. The maximum absolute atomic E-state index is 6.35. The third-order valence-electron chi connectivity index (χ3n) is 3.73. The minimum absolute atomic E-state index is 0.381. The van der Waals surface area contributed by atoms with Crippen LogP contribution in [0.4, 0.5) is 0 Å². The van der Waals surface area contributed by atoms with Gasteiger partial charge in [-0.05, 0) is 61.7 Å². The summed E-state index contributed by atoms with van der Waals surface area (Å²) in [5, 5.41) is 0.529. The summed E-state index contributed by atoms with van der Waals surface area (Å²) in [6.07, 6.45) is 1.76. The molecule has 0 amide bonds. The lowest BCUT2D eigenvalue weighted by molar-refractivity contribution is 0.208. The van der Waals surface area contributed by atoms with Crippen molar-refractivity contribution in [1.29, 1.82) is 0 Å². The van der Waals surface area contributed by atoms with E-state index in [0.717, 1.165) is 24.2 Å². The third kappa shape index (κ3) is 5.83. The van der Waals surface area contributed by atoms with Crippen molar-refractivity contribution in [2.45, 2.75) is 26.7 Å². The first kappa shape index (κ1) is 19.4. The molecule has 5 heteroatoms. The second kappa shape index (κ2) is 10.2. The maximum atomic E-state index is 6.35. The average molecular weight is 364 g/mol. The van der Waals surface area contributed by atoms with Crippen molar-refractivity contribution >= 4 is 11.6 Å². The van der Waals surface area contributed by atoms with Crippen LogP contribution in [0.5, 0.6) is 17.2 Å². The summed E-state index contributed by atoms with van der Waals surface area (Å²) in [5.41, 5.74) is 7.94. The molecule has 2 N–H and O–H groups in total. The highest BCUT2D eigenvalue weighted by Gasteiger charge is 2.12. The zero-order valence-corrected chi connectivity index (χ0v) is 15.6. The zero-order chi connectivity index (χ0) is 18.1. The fraction of sp³-hybridized carbons (Fsp3) is 0.400. The molecule has 2 rings (SSSR count). The van der Waals surface area contributed by atoms with Crippen LogP contribution >= 0.6 is 11.6 Å². The molecule has 0 aliphatic carbocycles. The number of halogens is 1. The molecule has 0 radical (unpaired) electrons. The number of hydrogen-bond donors (Lipinski definition) is 1. The number of nitrogens with two attached hydrogens (primary N) is 1. The van der Waals surface area contributed by atoms with Gasteiger partial charge in [0, 0.05) is 0 Å². The van der Waals surface area contributed by atoms with Crippen LogP contribution in [0.25, 0.3) is 0 Å². The number of ether oxygens (including phenoxy) is 3. The molecule has 0 spiro atoms. The Morgan fingerprint density at radius 1 is 0.920 bits per heavy atom. The van der Waals surface area contributed by atoms with Crippen molar-refractivity contribution in [3.05, 3.63) is 52.5 Å². The minimum atomic E-state index is 0.381. The third-order valence-corrected chi connectivity index (χ3v) is 4.01. The Labute approximate surface area is 154 Å². The molecule has 0 atom stereocenters. The highest BCUT2D eigenvalue weighted by Crippen LogP contribution is 2.36. The van der Waals surface area contributed by atoms with Crippen molar-refractivity contribution in [3.63, 3.8) is 0 Å². The molecule has 2 aromatic rings. The van der Waals surface area contributed by atoms with E-state index >= 15 is 0 Å². The summed E-state index contributed by atoms with van der Waals surface area (Å²) in [4.78, 5) is 0. The summed E-state index contributed by atoms with van der Waals surface area (Å²) in [6.45, 7) is 5.97. The van der Waals surface area contributed by atoms with E-state index in [1.165, 1.54) is 5.56 Å². The molecule has 0 saturated carbocycles. The van der Waals surface area contributed by atoms with E-state index in [9.17, 15) is 0 Å². The van der Waals surface area contributed by atoms with Gasteiger partial charge in [-0.15, -0.1) is 0 Å². The van der Waals surface area contributed by atoms with Crippen LogP contribution in [0.2, 0.25) is 5.02 Å². The van der Waals surface area contributed by atoms with E-state index < -0.39 is 0 Å². The Hall–Kier alpha value is -1.91. The summed E-state index contributed by atoms with van der Waals surface area (Å²) in [7, 11) is 0. The Morgan fingerprint density at radius 2 is 1.64 bits per heavy atom. The highest BCUT2D eigenvalue weighted by atomic mass is 35.5. The molecule has 25 heavy (non-hydrogen) atoms. The number of aryl methyl sites for hydroxylation is 1. The fourth-order valence-electron chi connectivity index (χ4n) is 2.46. The van der Waals surface area contributed by atoms with Crippen LogP contribution in [0.1, 0.15) is 25.0 Å². The van der Waals surface area contributed by atoms with Crippen molar-refractivity contribution in [2.24, 2.45) is 5.73 Å². The molecule has 0 aliphatic rings. The molecule has 4 nitrogen and oxygen atoms in total. The van der Waals surface area contributed by atoms with Gasteiger partial charge in [-0.2, -0.15) is 0 Å². The van der Waals surface area contributed by atoms with Gasteiger partial charge in [-0.1, -0.05) is 30.7 Å². The molecule has 0 fully saturated rings. The molecule has 0 heterocycles. The van der Waals surface area contributed by atoms with Crippen molar-refractivity contribution in [1.82, 2.24) is 0 Å². The molecule has 136 valence electrons. The van der Waals surface area contributed by atoms with Crippen LogP contribution in [-0.4, -0.2) is 26.4 Å². The SMILES string of the molecule is CCOc1cc(CCN)cc(Cl)c1OCCOc1ccc(CC)cc1. The number of hydrogen-bond acceptors (Lipinski definition) is 4. The second-order valence-corrected chi connectivity index (χ2v) is 5.98. The summed E-state index contributed by atoms with van der Waals surface area (Å²) < 4.78 is 17.2. The highest BCUT2D eigenvalue weighted by molar-refractivity contribution is 6.32. The second-order valence-electron chi connectivity index (χ2n) is 5.57. The predicted molar refractivity (Wildman–Crippen MR) is 102 cm³/mol. The van der Waals surface area contributed by atoms with Crippen molar-refractivity contribution in [3.8, 4) is 17.2 Å².